The Labute approximate surface area is 73.8 Å². The van der Waals surface area contributed by atoms with E-state index in [2.05, 4.69) is 4.90 Å². The van der Waals surface area contributed by atoms with Crippen LogP contribution >= 0.6 is 12.2 Å². The van der Waals surface area contributed by atoms with Gasteiger partial charge in [-0.25, -0.2) is 0 Å². The van der Waals surface area contributed by atoms with E-state index in [1.165, 1.54) is 38.8 Å². The second kappa shape index (κ2) is 3.10. The maximum Gasteiger partial charge on any atom is 0.0641 e. The SMILES string of the molecule is S=CN1C[C@H]2CCCC[C@H]2C1. The third-order valence-electron chi connectivity index (χ3n) is 3.15. The van der Waals surface area contributed by atoms with Crippen molar-refractivity contribution in [3.63, 3.8) is 0 Å². The molecule has 1 aliphatic carbocycles. The fourth-order valence-electron chi connectivity index (χ4n) is 2.53. The number of fused-ring (bicyclic) bond motifs is 1. The summed E-state index contributed by atoms with van der Waals surface area (Å²) in [6.45, 7) is 2.49. The lowest BCUT2D eigenvalue weighted by Crippen LogP contribution is -2.16. The zero-order valence-electron chi connectivity index (χ0n) is 6.83. The summed E-state index contributed by atoms with van der Waals surface area (Å²) in [5, 5.41) is 0. The molecule has 62 valence electrons. The van der Waals surface area contributed by atoms with E-state index in [0.29, 0.717) is 0 Å². The summed E-state index contributed by atoms with van der Waals surface area (Å²) in [5.74, 6) is 1.95. The van der Waals surface area contributed by atoms with Crippen molar-refractivity contribution in [3.05, 3.63) is 0 Å². The van der Waals surface area contributed by atoms with Crippen LogP contribution in [-0.2, 0) is 0 Å². The summed E-state index contributed by atoms with van der Waals surface area (Å²) < 4.78 is 0. The Hall–Kier alpha value is -0.110. The van der Waals surface area contributed by atoms with Gasteiger partial charge < -0.3 is 4.90 Å². The quantitative estimate of drug-likeness (QED) is 0.553. The van der Waals surface area contributed by atoms with Crippen molar-refractivity contribution in [2.24, 2.45) is 11.8 Å². The highest BCUT2D eigenvalue weighted by molar-refractivity contribution is 7.78. The van der Waals surface area contributed by atoms with E-state index < -0.39 is 0 Å². The van der Waals surface area contributed by atoms with Gasteiger partial charge in [-0.05, 0) is 24.7 Å². The molecule has 0 aromatic carbocycles. The summed E-state index contributed by atoms with van der Waals surface area (Å²) in [4.78, 5) is 2.32. The Balaban J connectivity index is 1.97. The van der Waals surface area contributed by atoms with E-state index in [1.807, 2.05) is 5.49 Å². The Bertz CT molecular complexity index is 144. The molecule has 0 N–H and O–H groups in total. The molecule has 1 saturated heterocycles. The highest BCUT2D eigenvalue weighted by Gasteiger charge is 2.32. The molecule has 1 heterocycles. The summed E-state index contributed by atoms with van der Waals surface area (Å²) in [5.41, 5.74) is 1.85. The third-order valence-corrected chi connectivity index (χ3v) is 3.45. The molecule has 0 radical (unpaired) electrons. The van der Waals surface area contributed by atoms with E-state index in [0.717, 1.165) is 11.8 Å². The first-order chi connectivity index (χ1) is 5.40. The predicted molar refractivity (Wildman–Crippen MR) is 50.7 cm³/mol. The van der Waals surface area contributed by atoms with Crippen LogP contribution in [0, 0.1) is 11.8 Å². The van der Waals surface area contributed by atoms with Gasteiger partial charge in [-0.1, -0.05) is 25.1 Å². The number of likely N-dealkylation sites (tertiary alicyclic amines) is 1. The van der Waals surface area contributed by atoms with Gasteiger partial charge in [-0.2, -0.15) is 0 Å². The molecule has 2 rings (SSSR count). The molecule has 0 bridgehead atoms. The van der Waals surface area contributed by atoms with Crippen LogP contribution in [0.5, 0.6) is 0 Å². The fourth-order valence-corrected chi connectivity index (χ4v) is 2.70. The predicted octanol–water partition coefficient (Wildman–Crippen LogP) is 2.07. The molecule has 1 saturated carbocycles. The van der Waals surface area contributed by atoms with Crippen LogP contribution in [0.15, 0.2) is 0 Å². The molecule has 0 amide bonds. The molecule has 1 nitrogen and oxygen atoms in total. The van der Waals surface area contributed by atoms with E-state index in [9.17, 15) is 0 Å². The van der Waals surface area contributed by atoms with Gasteiger partial charge in [0.2, 0.25) is 0 Å². The van der Waals surface area contributed by atoms with Crippen LogP contribution in [0.2, 0.25) is 0 Å². The van der Waals surface area contributed by atoms with Gasteiger partial charge in [0.1, 0.15) is 0 Å². The first kappa shape index (κ1) is 7.53. The Morgan fingerprint density at radius 3 is 2.09 bits per heavy atom. The van der Waals surface area contributed by atoms with Crippen molar-refractivity contribution in [2.45, 2.75) is 25.7 Å². The normalized spacial score (nSPS) is 36.9. The number of rotatable bonds is 1. The lowest BCUT2D eigenvalue weighted by molar-refractivity contribution is 0.299. The Morgan fingerprint density at radius 1 is 1.09 bits per heavy atom. The second-order valence-corrected chi connectivity index (χ2v) is 4.07. The Morgan fingerprint density at radius 2 is 1.64 bits per heavy atom. The molecular formula is C9H15NS. The minimum Gasteiger partial charge on any atom is -0.368 e. The molecule has 0 spiro atoms. The van der Waals surface area contributed by atoms with Crippen molar-refractivity contribution in [3.8, 4) is 0 Å². The standard InChI is InChI=1S/C9H15NS/c11-7-10-5-8-3-1-2-4-9(8)6-10/h7-9H,1-6H2/t8-,9+. The van der Waals surface area contributed by atoms with Crippen LogP contribution in [0.4, 0.5) is 0 Å². The van der Waals surface area contributed by atoms with Crippen molar-refractivity contribution < 1.29 is 0 Å². The summed E-state index contributed by atoms with van der Waals surface area (Å²) in [6.07, 6.45) is 5.80. The smallest absolute Gasteiger partial charge is 0.0641 e. The van der Waals surface area contributed by atoms with Crippen molar-refractivity contribution >= 4 is 17.7 Å². The molecule has 0 aromatic rings. The summed E-state index contributed by atoms with van der Waals surface area (Å²) >= 11 is 4.93. The fraction of sp³-hybridized carbons (Fsp3) is 0.889. The largest absolute Gasteiger partial charge is 0.368 e. The van der Waals surface area contributed by atoms with Crippen LogP contribution < -0.4 is 0 Å². The third kappa shape index (κ3) is 1.41. The molecule has 2 aliphatic rings. The highest BCUT2D eigenvalue weighted by atomic mass is 32.1. The minimum absolute atomic E-state index is 0.975. The first-order valence-electron chi connectivity index (χ1n) is 4.59. The number of thiocarbonyl (C=S) groups is 1. The monoisotopic (exact) mass is 169 g/mol. The molecule has 2 fully saturated rings. The van der Waals surface area contributed by atoms with E-state index in [4.69, 9.17) is 12.2 Å². The van der Waals surface area contributed by atoms with Gasteiger partial charge in [0.15, 0.2) is 0 Å². The second-order valence-electron chi connectivity index (χ2n) is 3.86. The maximum atomic E-state index is 4.93. The van der Waals surface area contributed by atoms with Crippen LogP contribution in [0.3, 0.4) is 0 Å². The van der Waals surface area contributed by atoms with Gasteiger partial charge in [-0.3, -0.25) is 0 Å². The molecule has 2 atom stereocenters. The van der Waals surface area contributed by atoms with Crippen LogP contribution in [-0.4, -0.2) is 23.5 Å². The highest BCUT2D eigenvalue weighted by Crippen LogP contribution is 2.35. The minimum atomic E-state index is 0.975. The van der Waals surface area contributed by atoms with Gasteiger partial charge >= 0.3 is 0 Å². The zero-order valence-corrected chi connectivity index (χ0v) is 7.65. The maximum absolute atomic E-state index is 4.93. The van der Waals surface area contributed by atoms with Crippen LogP contribution in [0.1, 0.15) is 25.7 Å². The van der Waals surface area contributed by atoms with Crippen molar-refractivity contribution in [1.29, 1.82) is 0 Å². The van der Waals surface area contributed by atoms with E-state index in [1.54, 1.807) is 0 Å². The van der Waals surface area contributed by atoms with Gasteiger partial charge in [0.25, 0.3) is 0 Å². The molecular weight excluding hydrogens is 154 g/mol. The van der Waals surface area contributed by atoms with Gasteiger partial charge in [0, 0.05) is 13.1 Å². The van der Waals surface area contributed by atoms with Crippen molar-refractivity contribution in [2.75, 3.05) is 13.1 Å². The number of nitrogens with zero attached hydrogens (tertiary/aromatic N) is 1. The number of hydrogen-bond acceptors (Lipinski definition) is 1. The lowest BCUT2D eigenvalue weighted by Gasteiger charge is -2.22. The zero-order chi connectivity index (χ0) is 7.68. The lowest BCUT2D eigenvalue weighted by atomic mass is 9.82. The van der Waals surface area contributed by atoms with Crippen LogP contribution in [0.25, 0.3) is 0 Å². The topological polar surface area (TPSA) is 3.24 Å². The van der Waals surface area contributed by atoms with Crippen molar-refractivity contribution in [1.82, 2.24) is 4.90 Å². The number of hydrogen-bond donors (Lipinski definition) is 0. The average molecular weight is 169 g/mol. The van der Waals surface area contributed by atoms with Gasteiger partial charge in [0.05, 0.1) is 5.49 Å². The average Bonchev–Trinajstić information content (AvgIpc) is 2.46. The molecule has 0 unspecified atom stereocenters. The molecule has 1 aliphatic heterocycles. The van der Waals surface area contributed by atoms with E-state index >= 15 is 0 Å². The summed E-state index contributed by atoms with van der Waals surface area (Å²) in [6, 6.07) is 0. The summed E-state index contributed by atoms with van der Waals surface area (Å²) in [7, 11) is 0. The van der Waals surface area contributed by atoms with E-state index in [-0.39, 0.29) is 0 Å². The Kier molecular flexibility index (Phi) is 2.12. The molecule has 2 heteroatoms. The molecule has 0 aromatic heterocycles. The molecule has 11 heavy (non-hydrogen) atoms. The van der Waals surface area contributed by atoms with Gasteiger partial charge in [-0.15, -0.1) is 0 Å². The first-order valence-corrected chi connectivity index (χ1v) is 5.06.